The van der Waals surface area contributed by atoms with Gasteiger partial charge in [0.05, 0.1) is 5.33 Å². The fourth-order valence-corrected chi connectivity index (χ4v) is 3.17. The van der Waals surface area contributed by atoms with E-state index in [4.69, 9.17) is 0 Å². The van der Waals surface area contributed by atoms with Crippen LogP contribution < -0.4 is 0 Å². The Morgan fingerprint density at radius 1 is 1.18 bits per heavy atom. The van der Waals surface area contributed by atoms with Gasteiger partial charge in [-0.05, 0) is 12.3 Å². The molecule has 0 bridgehead atoms. The van der Waals surface area contributed by atoms with Gasteiger partial charge in [0, 0.05) is 13.0 Å². The van der Waals surface area contributed by atoms with Crippen LogP contribution in [0.25, 0.3) is 0 Å². The first kappa shape index (κ1) is 13.1. The minimum Gasteiger partial charge on any atom is -0.314 e. The molecule has 1 aromatic heterocycles. The normalized spacial score (nSPS) is 17.5. The van der Waals surface area contributed by atoms with Gasteiger partial charge in [0.2, 0.25) is 0 Å². The van der Waals surface area contributed by atoms with Crippen molar-refractivity contribution in [1.29, 1.82) is 0 Å². The summed E-state index contributed by atoms with van der Waals surface area (Å²) in [7, 11) is 0. The highest BCUT2D eigenvalue weighted by atomic mass is 79.9. The third-order valence-corrected chi connectivity index (χ3v) is 4.17. The van der Waals surface area contributed by atoms with E-state index in [1.165, 1.54) is 37.9 Å². The van der Waals surface area contributed by atoms with Crippen molar-refractivity contribution in [1.82, 2.24) is 14.8 Å². The molecule has 0 saturated heterocycles. The smallest absolute Gasteiger partial charge is 0.143 e. The van der Waals surface area contributed by atoms with Crippen LogP contribution in [-0.4, -0.2) is 14.8 Å². The van der Waals surface area contributed by atoms with Crippen LogP contribution in [0.3, 0.4) is 0 Å². The van der Waals surface area contributed by atoms with Gasteiger partial charge in [-0.15, -0.1) is 10.2 Å². The number of hydrogen-bond acceptors (Lipinski definition) is 2. The summed E-state index contributed by atoms with van der Waals surface area (Å²) in [5.41, 5.74) is 0. The molecule has 96 valence electrons. The first-order valence-corrected chi connectivity index (χ1v) is 7.94. The van der Waals surface area contributed by atoms with Crippen molar-refractivity contribution in [3.63, 3.8) is 0 Å². The largest absolute Gasteiger partial charge is 0.314 e. The van der Waals surface area contributed by atoms with Crippen LogP contribution in [-0.2, 0) is 18.3 Å². The molecule has 0 atom stereocenters. The molecule has 0 aliphatic heterocycles. The van der Waals surface area contributed by atoms with Crippen LogP contribution in [0, 0.1) is 5.92 Å². The number of hydrogen-bond donors (Lipinski definition) is 0. The second kappa shape index (κ2) is 6.53. The fourth-order valence-electron chi connectivity index (χ4n) is 2.75. The lowest BCUT2D eigenvalue weighted by atomic mass is 9.87. The van der Waals surface area contributed by atoms with E-state index < -0.39 is 0 Å². The Bertz CT molecular complexity index is 342. The van der Waals surface area contributed by atoms with Gasteiger partial charge < -0.3 is 4.57 Å². The fraction of sp³-hybridized carbons (Fsp3) is 0.846. The van der Waals surface area contributed by atoms with E-state index in [9.17, 15) is 0 Å². The monoisotopic (exact) mass is 299 g/mol. The predicted octanol–water partition coefficient (Wildman–Crippen LogP) is 3.71. The summed E-state index contributed by atoms with van der Waals surface area (Å²) in [4.78, 5) is 0. The molecule has 1 saturated carbocycles. The maximum absolute atomic E-state index is 4.38. The molecule has 1 aliphatic rings. The van der Waals surface area contributed by atoms with E-state index in [1.807, 2.05) is 0 Å². The first-order chi connectivity index (χ1) is 8.35. The van der Waals surface area contributed by atoms with Gasteiger partial charge in [0.25, 0.3) is 0 Å². The average Bonchev–Trinajstić information content (AvgIpc) is 2.74. The van der Waals surface area contributed by atoms with Crippen LogP contribution in [0.4, 0.5) is 0 Å². The van der Waals surface area contributed by atoms with Crippen LogP contribution >= 0.6 is 15.9 Å². The standard InChI is InChI=1S/C13H22BrN3/c1-2-8-17-12(15-16-13(17)10-14)9-11-6-4-3-5-7-11/h11H,2-10H2,1H3. The molecule has 1 heterocycles. The minimum atomic E-state index is 0.810. The quantitative estimate of drug-likeness (QED) is 0.776. The highest BCUT2D eigenvalue weighted by Gasteiger charge is 2.18. The molecule has 3 nitrogen and oxygen atoms in total. The second-order valence-electron chi connectivity index (χ2n) is 5.03. The van der Waals surface area contributed by atoms with Crippen molar-refractivity contribution in [3.05, 3.63) is 11.6 Å². The molecule has 0 radical (unpaired) electrons. The molecule has 2 rings (SSSR count). The van der Waals surface area contributed by atoms with Gasteiger partial charge in [-0.25, -0.2) is 0 Å². The number of alkyl halides is 1. The summed E-state index contributed by atoms with van der Waals surface area (Å²) in [6.45, 7) is 3.26. The van der Waals surface area contributed by atoms with Crippen LogP contribution in [0.2, 0.25) is 0 Å². The third kappa shape index (κ3) is 3.30. The molecule has 1 aromatic rings. The Kier molecular flexibility index (Phi) is 5.01. The van der Waals surface area contributed by atoms with Crippen molar-refractivity contribution in [3.8, 4) is 0 Å². The highest BCUT2D eigenvalue weighted by molar-refractivity contribution is 9.08. The average molecular weight is 300 g/mol. The zero-order valence-electron chi connectivity index (χ0n) is 10.7. The third-order valence-electron chi connectivity index (χ3n) is 3.67. The van der Waals surface area contributed by atoms with E-state index in [2.05, 4.69) is 37.6 Å². The SMILES string of the molecule is CCCn1c(CBr)nnc1CC1CCCCC1. The van der Waals surface area contributed by atoms with Gasteiger partial charge >= 0.3 is 0 Å². The van der Waals surface area contributed by atoms with Gasteiger partial charge in [0.15, 0.2) is 0 Å². The Balaban J connectivity index is 2.05. The second-order valence-corrected chi connectivity index (χ2v) is 5.59. The molecule has 0 N–H and O–H groups in total. The molecule has 0 amide bonds. The molecule has 4 heteroatoms. The number of aromatic nitrogens is 3. The highest BCUT2D eigenvalue weighted by Crippen LogP contribution is 2.26. The topological polar surface area (TPSA) is 30.7 Å². The zero-order chi connectivity index (χ0) is 12.1. The maximum Gasteiger partial charge on any atom is 0.143 e. The summed E-state index contributed by atoms with van der Waals surface area (Å²) in [5.74, 6) is 3.12. The summed E-state index contributed by atoms with van der Waals surface area (Å²) in [5, 5.41) is 9.48. The van der Waals surface area contributed by atoms with Crippen LogP contribution in [0.15, 0.2) is 0 Å². The van der Waals surface area contributed by atoms with Crippen molar-refractivity contribution in [2.75, 3.05) is 0 Å². The summed E-state index contributed by atoms with van der Waals surface area (Å²) in [6, 6.07) is 0. The van der Waals surface area contributed by atoms with Crippen LogP contribution in [0.5, 0.6) is 0 Å². The first-order valence-electron chi connectivity index (χ1n) is 6.82. The predicted molar refractivity (Wildman–Crippen MR) is 73.2 cm³/mol. The molecule has 0 unspecified atom stereocenters. The summed E-state index contributed by atoms with van der Waals surface area (Å²) < 4.78 is 2.31. The minimum absolute atomic E-state index is 0.810. The Labute approximate surface area is 112 Å². The summed E-state index contributed by atoms with van der Waals surface area (Å²) in [6.07, 6.45) is 9.25. The molecule has 1 aliphatic carbocycles. The molecule has 0 spiro atoms. The molecule has 0 aromatic carbocycles. The van der Waals surface area contributed by atoms with Crippen LogP contribution in [0.1, 0.15) is 57.1 Å². The molecular weight excluding hydrogens is 278 g/mol. The number of halogens is 1. The van der Waals surface area contributed by atoms with Crippen molar-refractivity contribution in [2.45, 2.75) is 63.7 Å². The molecular formula is C13H22BrN3. The Hall–Kier alpha value is -0.380. The van der Waals surface area contributed by atoms with E-state index in [1.54, 1.807) is 0 Å². The van der Waals surface area contributed by atoms with Gasteiger partial charge in [-0.3, -0.25) is 0 Å². The van der Waals surface area contributed by atoms with E-state index >= 15 is 0 Å². The zero-order valence-corrected chi connectivity index (χ0v) is 12.2. The van der Waals surface area contributed by atoms with Crippen molar-refractivity contribution >= 4 is 15.9 Å². The van der Waals surface area contributed by atoms with Crippen molar-refractivity contribution in [2.24, 2.45) is 5.92 Å². The van der Waals surface area contributed by atoms with Gasteiger partial charge in [-0.1, -0.05) is 55.0 Å². The lowest BCUT2D eigenvalue weighted by molar-refractivity contribution is 0.347. The maximum atomic E-state index is 4.38. The lowest BCUT2D eigenvalue weighted by Crippen LogP contribution is -2.14. The van der Waals surface area contributed by atoms with Gasteiger partial charge in [-0.2, -0.15) is 0 Å². The Morgan fingerprint density at radius 2 is 1.88 bits per heavy atom. The number of rotatable bonds is 5. The number of nitrogens with zero attached hydrogens (tertiary/aromatic N) is 3. The molecule has 17 heavy (non-hydrogen) atoms. The summed E-state index contributed by atoms with van der Waals surface area (Å²) >= 11 is 3.49. The lowest BCUT2D eigenvalue weighted by Gasteiger charge is -2.21. The van der Waals surface area contributed by atoms with E-state index in [0.717, 1.165) is 36.5 Å². The van der Waals surface area contributed by atoms with Gasteiger partial charge in [0.1, 0.15) is 11.6 Å². The van der Waals surface area contributed by atoms with E-state index in [0.29, 0.717) is 0 Å². The van der Waals surface area contributed by atoms with E-state index in [-0.39, 0.29) is 0 Å². The van der Waals surface area contributed by atoms with Crippen molar-refractivity contribution < 1.29 is 0 Å². The molecule has 1 fully saturated rings. The Morgan fingerprint density at radius 3 is 2.53 bits per heavy atom.